The predicted octanol–water partition coefficient (Wildman–Crippen LogP) is 6.03. The molecule has 3 aromatic carbocycles. The van der Waals surface area contributed by atoms with E-state index in [2.05, 4.69) is 10.3 Å². The summed E-state index contributed by atoms with van der Waals surface area (Å²) >= 11 is 0. The van der Waals surface area contributed by atoms with Crippen LogP contribution in [0.5, 0.6) is 28.7 Å². The molecule has 1 aromatic heterocycles. The highest BCUT2D eigenvalue weighted by molar-refractivity contribution is 6.05. The second-order valence-electron chi connectivity index (χ2n) is 7.68. The number of anilines is 1. The standard InChI is InChI=1S/C28H26N2O5/c1-19-17-21(9-14-24(19)35-23-12-10-22(32-2)11-13-23)30-28(31)26-27(25(33-3)15-16-29-26)34-18-20-7-5-4-6-8-20/h4-17H,18H2,1-3H3,(H,30,31). The third-order valence-electron chi connectivity index (χ3n) is 5.25. The van der Waals surface area contributed by atoms with E-state index >= 15 is 0 Å². The van der Waals surface area contributed by atoms with Gasteiger partial charge in [-0.05, 0) is 60.5 Å². The summed E-state index contributed by atoms with van der Waals surface area (Å²) in [7, 11) is 3.14. The normalized spacial score (nSPS) is 10.4. The van der Waals surface area contributed by atoms with Crippen molar-refractivity contribution in [1.82, 2.24) is 4.98 Å². The van der Waals surface area contributed by atoms with Crippen molar-refractivity contribution in [3.8, 4) is 28.7 Å². The molecule has 0 spiro atoms. The summed E-state index contributed by atoms with van der Waals surface area (Å²) in [5.41, 5.74) is 2.57. The van der Waals surface area contributed by atoms with Gasteiger partial charge in [0.25, 0.3) is 5.91 Å². The average Bonchev–Trinajstić information content (AvgIpc) is 2.89. The monoisotopic (exact) mass is 470 g/mol. The van der Waals surface area contributed by atoms with Crippen LogP contribution in [-0.4, -0.2) is 25.1 Å². The Morgan fingerprint density at radius 3 is 2.29 bits per heavy atom. The zero-order valence-corrected chi connectivity index (χ0v) is 19.8. The van der Waals surface area contributed by atoms with Gasteiger partial charge in [0.1, 0.15) is 23.9 Å². The molecule has 0 fully saturated rings. The van der Waals surface area contributed by atoms with Crippen molar-refractivity contribution < 1.29 is 23.7 Å². The predicted molar refractivity (Wildman–Crippen MR) is 134 cm³/mol. The van der Waals surface area contributed by atoms with Gasteiger partial charge in [-0.25, -0.2) is 4.98 Å². The van der Waals surface area contributed by atoms with Crippen LogP contribution in [0.2, 0.25) is 0 Å². The topological polar surface area (TPSA) is 78.9 Å². The minimum atomic E-state index is -0.407. The van der Waals surface area contributed by atoms with Crippen LogP contribution < -0.4 is 24.3 Å². The number of nitrogens with zero attached hydrogens (tertiary/aromatic N) is 1. The van der Waals surface area contributed by atoms with E-state index in [-0.39, 0.29) is 18.1 Å². The van der Waals surface area contributed by atoms with Crippen LogP contribution in [0.1, 0.15) is 21.6 Å². The smallest absolute Gasteiger partial charge is 0.278 e. The van der Waals surface area contributed by atoms with Gasteiger partial charge < -0.3 is 24.3 Å². The van der Waals surface area contributed by atoms with E-state index in [9.17, 15) is 4.79 Å². The summed E-state index contributed by atoms with van der Waals surface area (Å²) in [6.45, 7) is 2.19. The van der Waals surface area contributed by atoms with Crippen molar-refractivity contribution in [1.29, 1.82) is 0 Å². The molecule has 0 saturated carbocycles. The van der Waals surface area contributed by atoms with E-state index in [1.165, 1.54) is 13.3 Å². The Bertz CT molecular complexity index is 1290. The maximum absolute atomic E-state index is 13.1. The number of aryl methyl sites for hydroxylation is 1. The lowest BCUT2D eigenvalue weighted by molar-refractivity contribution is 0.101. The number of methoxy groups -OCH3 is 2. The number of carbonyl (C=O) groups excluding carboxylic acids is 1. The van der Waals surface area contributed by atoms with Crippen LogP contribution in [0, 0.1) is 6.92 Å². The number of carbonyl (C=O) groups is 1. The number of pyridine rings is 1. The maximum Gasteiger partial charge on any atom is 0.278 e. The second-order valence-corrected chi connectivity index (χ2v) is 7.68. The first-order valence-corrected chi connectivity index (χ1v) is 11.0. The Balaban J connectivity index is 1.49. The van der Waals surface area contributed by atoms with Gasteiger partial charge in [-0.3, -0.25) is 4.79 Å². The summed E-state index contributed by atoms with van der Waals surface area (Å²) in [5, 5.41) is 2.89. The molecule has 1 N–H and O–H groups in total. The first-order chi connectivity index (χ1) is 17.1. The number of rotatable bonds is 9. The Hall–Kier alpha value is -4.52. The number of hydrogen-bond acceptors (Lipinski definition) is 6. The molecule has 0 aliphatic rings. The van der Waals surface area contributed by atoms with Gasteiger partial charge >= 0.3 is 0 Å². The van der Waals surface area contributed by atoms with Gasteiger partial charge in [-0.15, -0.1) is 0 Å². The van der Waals surface area contributed by atoms with Crippen molar-refractivity contribution >= 4 is 11.6 Å². The number of benzene rings is 3. The fourth-order valence-corrected chi connectivity index (χ4v) is 3.42. The molecule has 0 radical (unpaired) electrons. The van der Waals surface area contributed by atoms with Crippen molar-refractivity contribution in [3.05, 3.63) is 102 Å². The molecule has 4 aromatic rings. The lowest BCUT2D eigenvalue weighted by atomic mass is 10.2. The van der Waals surface area contributed by atoms with Crippen LogP contribution in [0.15, 0.2) is 85.1 Å². The lowest BCUT2D eigenvalue weighted by Gasteiger charge is -2.15. The van der Waals surface area contributed by atoms with E-state index in [1.807, 2.05) is 67.6 Å². The minimum Gasteiger partial charge on any atom is -0.497 e. The summed E-state index contributed by atoms with van der Waals surface area (Å²) in [4.78, 5) is 17.4. The first-order valence-electron chi connectivity index (χ1n) is 11.0. The summed E-state index contributed by atoms with van der Waals surface area (Å²) < 4.78 is 22.5. The number of amides is 1. The Kier molecular flexibility index (Phi) is 7.47. The van der Waals surface area contributed by atoms with Crippen LogP contribution in [0.25, 0.3) is 0 Å². The molecule has 7 nitrogen and oxygen atoms in total. The highest BCUT2D eigenvalue weighted by atomic mass is 16.5. The molecule has 0 atom stereocenters. The zero-order chi connectivity index (χ0) is 24.6. The van der Waals surface area contributed by atoms with Gasteiger partial charge in [0.2, 0.25) is 0 Å². The number of hydrogen-bond donors (Lipinski definition) is 1. The average molecular weight is 471 g/mol. The summed E-state index contributed by atoms with van der Waals surface area (Å²) in [6.07, 6.45) is 1.51. The van der Waals surface area contributed by atoms with Gasteiger partial charge in [-0.1, -0.05) is 30.3 Å². The molecule has 1 heterocycles. The van der Waals surface area contributed by atoms with Crippen molar-refractivity contribution in [3.63, 3.8) is 0 Å². The zero-order valence-electron chi connectivity index (χ0n) is 19.8. The Morgan fingerprint density at radius 2 is 1.60 bits per heavy atom. The molecule has 7 heteroatoms. The Labute approximate surface area is 204 Å². The van der Waals surface area contributed by atoms with Crippen molar-refractivity contribution in [2.24, 2.45) is 0 Å². The molecule has 35 heavy (non-hydrogen) atoms. The van der Waals surface area contributed by atoms with Crippen LogP contribution in [0.3, 0.4) is 0 Å². The minimum absolute atomic E-state index is 0.136. The fraction of sp³-hybridized carbons (Fsp3) is 0.143. The maximum atomic E-state index is 13.1. The van der Waals surface area contributed by atoms with Gasteiger partial charge in [0.05, 0.1) is 14.2 Å². The molecule has 1 amide bonds. The highest BCUT2D eigenvalue weighted by Crippen LogP contribution is 2.32. The van der Waals surface area contributed by atoms with Gasteiger partial charge in [-0.2, -0.15) is 0 Å². The molecule has 4 rings (SSSR count). The number of aromatic nitrogens is 1. The van der Waals surface area contributed by atoms with Crippen molar-refractivity contribution in [2.45, 2.75) is 13.5 Å². The summed E-state index contributed by atoms with van der Waals surface area (Å²) in [6, 6.07) is 24.1. The quantitative estimate of drug-likeness (QED) is 0.322. The number of nitrogens with one attached hydrogen (secondary N) is 1. The van der Waals surface area contributed by atoms with E-state index in [4.69, 9.17) is 18.9 Å². The molecule has 178 valence electrons. The lowest BCUT2D eigenvalue weighted by Crippen LogP contribution is -2.16. The molecule has 0 aliphatic heterocycles. The third kappa shape index (κ3) is 5.89. The van der Waals surface area contributed by atoms with E-state index < -0.39 is 5.91 Å². The molecule has 0 bridgehead atoms. The largest absolute Gasteiger partial charge is 0.497 e. The van der Waals surface area contributed by atoms with E-state index in [1.54, 1.807) is 25.3 Å². The molecular weight excluding hydrogens is 444 g/mol. The van der Waals surface area contributed by atoms with Crippen LogP contribution in [-0.2, 0) is 6.61 Å². The van der Waals surface area contributed by atoms with Crippen LogP contribution in [0.4, 0.5) is 5.69 Å². The highest BCUT2D eigenvalue weighted by Gasteiger charge is 2.20. The molecule has 0 saturated heterocycles. The molecule has 0 aliphatic carbocycles. The van der Waals surface area contributed by atoms with Crippen molar-refractivity contribution in [2.75, 3.05) is 19.5 Å². The number of ether oxygens (including phenoxy) is 4. The van der Waals surface area contributed by atoms with Gasteiger partial charge in [0, 0.05) is 18.0 Å². The fourth-order valence-electron chi connectivity index (χ4n) is 3.42. The second kappa shape index (κ2) is 11.1. The van der Waals surface area contributed by atoms with Crippen LogP contribution >= 0.6 is 0 Å². The van der Waals surface area contributed by atoms with E-state index in [0.29, 0.717) is 22.9 Å². The SMILES string of the molecule is COc1ccc(Oc2ccc(NC(=O)c3nccc(OC)c3OCc3ccccc3)cc2C)cc1. The Morgan fingerprint density at radius 1 is 0.857 bits per heavy atom. The molecular formula is C28H26N2O5. The summed E-state index contributed by atoms with van der Waals surface area (Å²) in [5.74, 6) is 2.43. The van der Waals surface area contributed by atoms with Gasteiger partial charge in [0.15, 0.2) is 17.2 Å². The van der Waals surface area contributed by atoms with E-state index in [0.717, 1.165) is 16.9 Å². The third-order valence-corrected chi connectivity index (χ3v) is 5.25. The first kappa shape index (κ1) is 23.6. The molecule has 0 unspecified atom stereocenters.